The van der Waals surface area contributed by atoms with Gasteiger partial charge in [0.2, 0.25) is 11.6 Å². The van der Waals surface area contributed by atoms with E-state index in [1.54, 1.807) is 0 Å². The number of aliphatic hydroxyl groups is 1. The number of ketones is 3. The molecule has 0 saturated heterocycles. The molecule has 0 fully saturated rings. The van der Waals surface area contributed by atoms with Crippen molar-refractivity contribution in [3.8, 4) is 0 Å². The van der Waals surface area contributed by atoms with Gasteiger partial charge < -0.3 is 5.11 Å². The van der Waals surface area contributed by atoms with E-state index in [4.69, 9.17) is 5.11 Å². The fraction of sp³-hybridized carbons (Fsp3) is 0.125. The molecular formula is C8H6O4. The molecule has 4 nitrogen and oxygen atoms in total. The Morgan fingerprint density at radius 3 is 2.42 bits per heavy atom. The Bertz CT molecular complexity index is 309. The molecule has 62 valence electrons. The summed E-state index contributed by atoms with van der Waals surface area (Å²) in [5.41, 5.74) is 0.0714. The second-order valence-corrected chi connectivity index (χ2v) is 2.24. The lowest BCUT2D eigenvalue weighted by atomic mass is 10.0. The minimum absolute atomic E-state index is 0.0714. The predicted octanol–water partition coefficient (Wildman–Crippen LogP) is -0.818. The molecule has 0 spiro atoms. The smallest absolute Gasteiger partial charge is 0.226 e. The first-order chi connectivity index (χ1) is 5.65. The zero-order chi connectivity index (χ0) is 9.14. The molecule has 0 aromatic carbocycles. The molecule has 0 atom stereocenters. The van der Waals surface area contributed by atoms with Crippen molar-refractivity contribution >= 4 is 17.3 Å². The van der Waals surface area contributed by atoms with Crippen molar-refractivity contribution in [2.75, 3.05) is 6.61 Å². The average molecular weight is 166 g/mol. The molecule has 0 unspecified atom stereocenters. The van der Waals surface area contributed by atoms with Crippen molar-refractivity contribution in [2.45, 2.75) is 0 Å². The lowest BCUT2D eigenvalue weighted by molar-refractivity contribution is -0.131. The first-order valence-corrected chi connectivity index (χ1v) is 3.27. The largest absolute Gasteiger partial charge is 0.388 e. The molecule has 0 aromatic heterocycles. The van der Waals surface area contributed by atoms with Gasteiger partial charge in [0.25, 0.3) is 0 Å². The molecule has 0 saturated carbocycles. The Hall–Kier alpha value is -1.55. The highest BCUT2D eigenvalue weighted by Crippen LogP contribution is 2.05. The highest BCUT2D eigenvalue weighted by Gasteiger charge is 2.16. The van der Waals surface area contributed by atoms with E-state index in [9.17, 15) is 14.4 Å². The molecular weight excluding hydrogens is 160 g/mol. The molecule has 1 N–H and O–H groups in total. The van der Waals surface area contributed by atoms with Crippen molar-refractivity contribution in [1.29, 1.82) is 0 Å². The third-order valence-electron chi connectivity index (χ3n) is 1.41. The summed E-state index contributed by atoms with van der Waals surface area (Å²) in [6.45, 7) is -0.655. The van der Waals surface area contributed by atoms with Crippen LogP contribution in [0.4, 0.5) is 0 Å². The summed E-state index contributed by atoms with van der Waals surface area (Å²) in [4.78, 5) is 32.1. The summed E-state index contributed by atoms with van der Waals surface area (Å²) in [5, 5.41) is 8.42. The van der Waals surface area contributed by atoms with E-state index in [1.165, 1.54) is 6.08 Å². The second kappa shape index (κ2) is 3.23. The number of hydrogen-bond acceptors (Lipinski definition) is 4. The van der Waals surface area contributed by atoms with Crippen molar-refractivity contribution in [3.05, 3.63) is 23.8 Å². The molecule has 0 heterocycles. The van der Waals surface area contributed by atoms with Crippen LogP contribution in [0.25, 0.3) is 0 Å². The van der Waals surface area contributed by atoms with Crippen LogP contribution in [0.5, 0.6) is 0 Å². The summed E-state index contributed by atoms with van der Waals surface area (Å²) < 4.78 is 0. The Morgan fingerprint density at radius 1 is 1.25 bits per heavy atom. The SMILES string of the molecule is O=C1C=CC(C(=O)CO)=CC1=O. The summed E-state index contributed by atoms with van der Waals surface area (Å²) in [7, 11) is 0. The maximum absolute atomic E-state index is 10.8. The number of hydrogen-bond donors (Lipinski definition) is 1. The van der Waals surface area contributed by atoms with Crippen LogP contribution in [0.1, 0.15) is 0 Å². The first kappa shape index (κ1) is 8.55. The van der Waals surface area contributed by atoms with Crippen LogP contribution < -0.4 is 0 Å². The van der Waals surface area contributed by atoms with E-state index in [-0.39, 0.29) is 5.57 Å². The van der Waals surface area contributed by atoms with Gasteiger partial charge in [-0.2, -0.15) is 0 Å². The van der Waals surface area contributed by atoms with Crippen LogP contribution in [-0.4, -0.2) is 29.1 Å². The van der Waals surface area contributed by atoms with E-state index >= 15 is 0 Å². The van der Waals surface area contributed by atoms with Crippen LogP contribution in [-0.2, 0) is 14.4 Å². The lowest BCUT2D eigenvalue weighted by Crippen LogP contribution is -2.16. The number of rotatable bonds is 2. The molecule has 12 heavy (non-hydrogen) atoms. The second-order valence-electron chi connectivity index (χ2n) is 2.24. The minimum Gasteiger partial charge on any atom is -0.388 e. The molecule has 0 aromatic rings. The van der Waals surface area contributed by atoms with Gasteiger partial charge in [-0.3, -0.25) is 14.4 Å². The minimum atomic E-state index is -0.727. The van der Waals surface area contributed by atoms with Crippen LogP contribution in [0.2, 0.25) is 0 Å². The number of carbonyl (C=O) groups is 3. The maximum atomic E-state index is 10.8. The van der Waals surface area contributed by atoms with E-state index in [1.807, 2.05) is 0 Å². The van der Waals surface area contributed by atoms with Gasteiger partial charge in [-0.25, -0.2) is 0 Å². The van der Waals surface area contributed by atoms with Gasteiger partial charge in [-0.05, 0) is 12.2 Å². The normalized spacial score (nSPS) is 16.2. The molecule has 1 aliphatic rings. The van der Waals surface area contributed by atoms with E-state index in [2.05, 4.69) is 0 Å². The van der Waals surface area contributed by atoms with Crippen molar-refractivity contribution < 1.29 is 19.5 Å². The fourth-order valence-corrected chi connectivity index (χ4v) is 0.773. The zero-order valence-corrected chi connectivity index (χ0v) is 6.11. The van der Waals surface area contributed by atoms with Crippen LogP contribution in [0.3, 0.4) is 0 Å². The average Bonchev–Trinajstić information content (AvgIpc) is 2.08. The first-order valence-electron chi connectivity index (χ1n) is 3.27. The summed E-state index contributed by atoms with van der Waals surface area (Å²) in [5.74, 6) is -1.94. The van der Waals surface area contributed by atoms with Crippen molar-refractivity contribution in [3.63, 3.8) is 0 Å². The Balaban J connectivity index is 2.90. The highest BCUT2D eigenvalue weighted by molar-refractivity contribution is 6.47. The van der Waals surface area contributed by atoms with Crippen LogP contribution in [0, 0.1) is 0 Å². The summed E-state index contributed by atoms with van der Waals surface area (Å²) in [6, 6.07) is 0. The van der Waals surface area contributed by atoms with E-state index in [0.717, 1.165) is 12.2 Å². The molecule has 1 aliphatic carbocycles. The Labute approximate surface area is 68.2 Å². The molecule has 1 rings (SSSR count). The third-order valence-corrected chi connectivity index (χ3v) is 1.41. The van der Waals surface area contributed by atoms with Crippen LogP contribution in [0.15, 0.2) is 23.8 Å². The number of Topliss-reactive ketones (excluding diaryl/α,β-unsaturated/α-hetero) is 1. The Morgan fingerprint density at radius 2 is 1.92 bits per heavy atom. The molecule has 4 heteroatoms. The monoisotopic (exact) mass is 166 g/mol. The Kier molecular flexibility index (Phi) is 2.30. The van der Waals surface area contributed by atoms with Gasteiger partial charge in [0.1, 0.15) is 6.61 Å². The van der Waals surface area contributed by atoms with E-state index < -0.39 is 24.0 Å². The maximum Gasteiger partial charge on any atom is 0.226 e. The predicted molar refractivity (Wildman–Crippen MR) is 39.3 cm³/mol. The standard InChI is InChI=1S/C8H6O4/c9-4-8(12)5-1-2-6(10)7(11)3-5/h1-3,9H,4H2. The molecule has 0 bridgehead atoms. The summed E-state index contributed by atoms with van der Waals surface area (Å²) in [6.07, 6.45) is 3.18. The van der Waals surface area contributed by atoms with Gasteiger partial charge in [0, 0.05) is 11.6 Å². The van der Waals surface area contributed by atoms with Crippen LogP contribution >= 0.6 is 0 Å². The van der Waals surface area contributed by atoms with Crippen molar-refractivity contribution in [2.24, 2.45) is 0 Å². The van der Waals surface area contributed by atoms with Gasteiger partial charge in [0.15, 0.2) is 5.78 Å². The molecule has 0 aliphatic heterocycles. The number of allylic oxidation sites excluding steroid dienone is 3. The lowest BCUT2D eigenvalue weighted by Gasteiger charge is -2.01. The van der Waals surface area contributed by atoms with E-state index in [0.29, 0.717) is 0 Å². The van der Waals surface area contributed by atoms with Gasteiger partial charge in [-0.1, -0.05) is 0 Å². The third kappa shape index (κ3) is 1.54. The van der Waals surface area contributed by atoms with Gasteiger partial charge in [-0.15, -0.1) is 0 Å². The zero-order valence-electron chi connectivity index (χ0n) is 6.11. The summed E-state index contributed by atoms with van der Waals surface area (Å²) >= 11 is 0. The highest BCUT2D eigenvalue weighted by atomic mass is 16.3. The topological polar surface area (TPSA) is 71.4 Å². The van der Waals surface area contributed by atoms with Crippen molar-refractivity contribution in [1.82, 2.24) is 0 Å². The van der Waals surface area contributed by atoms with Gasteiger partial charge in [0.05, 0.1) is 0 Å². The molecule has 0 radical (unpaired) electrons. The van der Waals surface area contributed by atoms with Gasteiger partial charge >= 0.3 is 0 Å². The number of carbonyl (C=O) groups excluding carboxylic acids is 3. The quantitative estimate of drug-likeness (QED) is 0.430. The molecule has 0 amide bonds. The number of aliphatic hydroxyl groups excluding tert-OH is 1. The fourth-order valence-electron chi connectivity index (χ4n) is 0.773.